The van der Waals surface area contributed by atoms with Crippen molar-refractivity contribution in [1.82, 2.24) is 0 Å². The van der Waals surface area contributed by atoms with Crippen LogP contribution in [0.3, 0.4) is 0 Å². The van der Waals surface area contributed by atoms with Crippen molar-refractivity contribution in [2.24, 2.45) is 0 Å². The van der Waals surface area contributed by atoms with E-state index in [4.69, 9.17) is 16.3 Å². The fraction of sp³-hybridized carbons (Fsp3) is 0.400. The molecule has 0 aromatic carbocycles. The molecular formula is C10H11ClO3. The van der Waals surface area contributed by atoms with Gasteiger partial charge in [0, 0.05) is 11.6 Å². The molecule has 0 amide bonds. The van der Waals surface area contributed by atoms with Crippen molar-refractivity contribution < 1.29 is 14.3 Å². The topological polar surface area (TPSA) is 43.4 Å². The largest absolute Gasteiger partial charge is 0.493 e. The van der Waals surface area contributed by atoms with Gasteiger partial charge in [-0.05, 0) is 6.42 Å². The Morgan fingerprint density at radius 3 is 2.57 bits per heavy atom. The number of hydrogen-bond acceptors (Lipinski definition) is 3. The average molecular weight is 215 g/mol. The summed E-state index contributed by atoms with van der Waals surface area (Å²) in [5.41, 5.74) is 0.360. The third-order valence-electron chi connectivity index (χ3n) is 1.96. The van der Waals surface area contributed by atoms with Gasteiger partial charge in [-0.1, -0.05) is 24.9 Å². The van der Waals surface area contributed by atoms with Crippen LogP contribution in [0.25, 0.3) is 0 Å². The predicted molar refractivity (Wildman–Crippen MR) is 52.9 cm³/mol. The van der Waals surface area contributed by atoms with Crippen LogP contribution in [0, 0.1) is 0 Å². The van der Waals surface area contributed by atoms with Gasteiger partial charge in [-0.3, -0.25) is 9.59 Å². The van der Waals surface area contributed by atoms with Gasteiger partial charge in [0.05, 0.1) is 12.1 Å². The van der Waals surface area contributed by atoms with Crippen LogP contribution in [0.5, 0.6) is 0 Å². The van der Waals surface area contributed by atoms with E-state index in [-0.39, 0.29) is 22.4 Å². The van der Waals surface area contributed by atoms with Crippen LogP contribution in [-0.2, 0) is 14.3 Å². The summed E-state index contributed by atoms with van der Waals surface area (Å²) in [6, 6.07) is 0. The Labute approximate surface area is 87.4 Å². The highest BCUT2D eigenvalue weighted by molar-refractivity contribution is 6.48. The van der Waals surface area contributed by atoms with E-state index in [0.29, 0.717) is 12.0 Å². The van der Waals surface area contributed by atoms with E-state index in [9.17, 15) is 9.59 Å². The summed E-state index contributed by atoms with van der Waals surface area (Å²) in [5.74, 6) is -0.562. The quantitative estimate of drug-likeness (QED) is 0.675. The fourth-order valence-corrected chi connectivity index (χ4v) is 1.50. The number of ether oxygens (including phenoxy) is 1. The minimum Gasteiger partial charge on any atom is -0.493 e. The summed E-state index contributed by atoms with van der Waals surface area (Å²) < 4.78 is 4.80. The van der Waals surface area contributed by atoms with E-state index in [0.717, 1.165) is 12.5 Å². The molecule has 1 aliphatic carbocycles. The lowest BCUT2D eigenvalue weighted by Crippen LogP contribution is -2.18. The first-order valence-corrected chi connectivity index (χ1v) is 4.73. The van der Waals surface area contributed by atoms with Gasteiger partial charge in [0.25, 0.3) is 0 Å². The summed E-state index contributed by atoms with van der Waals surface area (Å²) in [4.78, 5) is 22.9. The Kier molecular flexibility index (Phi) is 3.47. The molecule has 0 aromatic rings. The molecule has 0 aliphatic heterocycles. The zero-order valence-corrected chi connectivity index (χ0v) is 8.85. The van der Waals surface area contributed by atoms with E-state index in [2.05, 4.69) is 0 Å². The Bertz CT molecular complexity index is 339. The Morgan fingerprint density at radius 1 is 1.43 bits per heavy atom. The molecule has 0 aromatic heterocycles. The second-order valence-corrected chi connectivity index (χ2v) is 3.33. The third-order valence-corrected chi connectivity index (χ3v) is 2.38. The maximum absolute atomic E-state index is 11.6. The standard InChI is InChI=1S/C10H11ClO3/c1-3-4-6-9(11)7(12)5-8(14-2)10(6)13/h5H,3-4H2,1-2H3. The number of methoxy groups -OCH3 is 1. The molecule has 4 heteroatoms. The monoisotopic (exact) mass is 214 g/mol. The van der Waals surface area contributed by atoms with Gasteiger partial charge < -0.3 is 4.74 Å². The van der Waals surface area contributed by atoms with Crippen molar-refractivity contribution in [3.8, 4) is 0 Å². The number of hydrogen-bond donors (Lipinski definition) is 0. The van der Waals surface area contributed by atoms with Crippen molar-refractivity contribution in [2.75, 3.05) is 7.11 Å². The molecule has 0 bridgehead atoms. The smallest absolute Gasteiger partial charge is 0.225 e. The van der Waals surface area contributed by atoms with Gasteiger partial charge in [0.1, 0.15) is 0 Å². The molecular weight excluding hydrogens is 204 g/mol. The normalized spacial score (nSPS) is 17.2. The van der Waals surface area contributed by atoms with E-state index >= 15 is 0 Å². The van der Waals surface area contributed by atoms with Gasteiger partial charge in [-0.25, -0.2) is 0 Å². The van der Waals surface area contributed by atoms with Crippen molar-refractivity contribution in [2.45, 2.75) is 19.8 Å². The van der Waals surface area contributed by atoms with Crippen molar-refractivity contribution in [1.29, 1.82) is 0 Å². The van der Waals surface area contributed by atoms with Gasteiger partial charge in [-0.15, -0.1) is 0 Å². The highest BCUT2D eigenvalue weighted by Gasteiger charge is 2.27. The molecule has 1 rings (SSSR count). The van der Waals surface area contributed by atoms with Crippen LogP contribution in [-0.4, -0.2) is 18.7 Å². The summed E-state index contributed by atoms with van der Waals surface area (Å²) >= 11 is 5.74. The van der Waals surface area contributed by atoms with Gasteiger partial charge in [0.15, 0.2) is 5.76 Å². The lowest BCUT2D eigenvalue weighted by molar-refractivity contribution is -0.118. The van der Waals surface area contributed by atoms with Crippen LogP contribution in [0.1, 0.15) is 19.8 Å². The fourth-order valence-electron chi connectivity index (χ4n) is 1.27. The minimum atomic E-state index is -0.355. The number of allylic oxidation sites excluding steroid dienone is 3. The summed E-state index contributed by atoms with van der Waals surface area (Å²) in [6.07, 6.45) is 2.40. The van der Waals surface area contributed by atoms with Gasteiger partial charge in [-0.2, -0.15) is 0 Å². The second kappa shape index (κ2) is 4.42. The molecule has 14 heavy (non-hydrogen) atoms. The number of carbonyl (C=O) groups is 2. The predicted octanol–water partition coefficient (Wildman–Crippen LogP) is 1.96. The second-order valence-electron chi connectivity index (χ2n) is 2.95. The highest BCUT2D eigenvalue weighted by atomic mass is 35.5. The van der Waals surface area contributed by atoms with Crippen LogP contribution >= 0.6 is 11.6 Å². The van der Waals surface area contributed by atoms with E-state index < -0.39 is 0 Å². The minimum absolute atomic E-state index is 0.0256. The molecule has 3 nitrogen and oxygen atoms in total. The molecule has 0 unspecified atom stereocenters. The molecule has 0 atom stereocenters. The first-order chi connectivity index (χ1) is 6.61. The maximum Gasteiger partial charge on any atom is 0.225 e. The number of ketones is 2. The number of Topliss-reactive ketones (excluding diaryl/α,β-unsaturated/α-hetero) is 1. The molecule has 0 saturated carbocycles. The lowest BCUT2D eigenvalue weighted by atomic mass is 9.98. The summed E-state index contributed by atoms with van der Waals surface area (Å²) in [5, 5.41) is 0.0256. The van der Waals surface area contributed by atoms with Crippen molar-refractivity contribution in [3.63, 3.8) is 0 Å². The van der Waals surface area contributed by atoms with E-state index in [1.54, 1.807) is 0 Å². The SMILES string of the molecule is CCCC1=C(Cl)C(=O)C=C(OC)C1=O. The Morgan fingerprint density at radius 2 is 2.07 bits per heavy atom. The van der Waals surface area contributed by atoms with Crippen LogP contribution < -0.4 is 0 Å². The summed E-state index contributed by atoms with van der Waals surface area (Å²) in [7, 11) is 1.36. The van der Waals surface area contributed by atoms with Crippen LogP contribution in [0.15, 0.2) is 22.4 Å². The van der Waals surface area contributed by atoms with Gasteiger partial charge in [0.2, 0.25) is 11.6 Å². The molecule has 0 radical (unpaired) electrons. The van der Waals surface area contributed by atoms with Crippen molar-refractivity contribution >= 4 is 23.2 Å². The molecule has 76 valence electrons. The van der Waals surface area contributed by atoms with E-state index in [1.165, 1.54) is 7.11 Å². The van der Waals surface area contributed by atoms with Crippen LogP contribution in [0.2, 0.25) is 0 Å². The Balaban J connectivity index is 3.06. The van der Waals surface area contributed by atoms with E-state index in [1.807, 2.05) is 6.92 Å². The number of rotatable bonds is 3. The van der Waals surface area contributed by atoms with Gasteiger partial charge >= 0.3 is 0 Å². The molecule has 0 N–H and O–H groups in total. The van der Waals surface area contributed by atoms with Crippen molar-refractivity contribution in [3.05, 3.63) is 22.4 Å². The van der Waals surface area contributed by atoms with Crippen LogP contribution in [0.4, 0.5) is 0 Å². The first kappa shape index (κ1) is 11.0. The molecule has 0 spiro atoms. The molecule has 0 fully saturated rings. The Hall–Kier alpha value is -1.09. The lowest BCUT2D eigenvalue weighted by Gasteiger charge is -2.13. The molecule has 1 aliphatic rings. The molecule has 0 saturated heterocycles. The average Bonchev–Trinajstić information content (AvgIpc) is 2.18. The first-order valence-electron chi connectivity index (χ1n) is 4.35. The number of carbonyl (C=O) groups excluding carboxylic acids is 2. The maximum atomic E-state index is 11.6. The summed E-state index contributed by atoms with van der Waals surface area (Å²) in [6.45, 7) is 1.92. The zero-order chi connectivity index (χ0) is 10.7. The zero-order valence-electron chi connectivity index (χ0n) is 8.09. The highest BCUT2D eigenvalue weighted by Crippen LogP contribution is 2.25. The number of halogens is 1. The third kappa shape index (κ3) is 1.87. The molecule has 0 heterocycles.